The van der Waals surface area contributed by atoms with Crippen LogP contribution >= 0.6 is 0 Å². The van der Waals surface area contributed by atoms with Gasteiger partial charge in [0.1, 0.15) is 0 Å². The highest BCUT2D eigenvalue weighted by molar-refractivity contribution is 5.86. The van der Waals surface area contributed by atoms with Gasteiger partial charge in [0, 0.05) is 46.8 Å². The summed E-state index contributed by atoms with van der Waals surface area (Å²) in [6.45, 7) is 0. The minimum atomic E-state index is -0.572. The lowest BCUT2D eigenvalue weighted by Gasteiger charge is -2.08. The number of non-ortho nitro benzene ring substituents is 2. The van der Waals surface area contributed by atoms with E-state index in [9.17, 15) is 20.2 Å². The van der Waals surface area contributed by atoms with Crippen molar-refractivity contribution in [2.24, 2.45) is 0 Å². The molecule has 0 fully saturated rings. The molecule has 0 aliphatic heterocycles. The summed E-state index contributed by atoms with van der Waals surface area (Å²) in [6.07, 6.45) is 0. The third-order valence-electron chi connectivity index (χ3n) is 2.78. The Morgan fingerprint density at radius 2 is 1.30 bits per heavy atom. The monoisotopic (exact) mass is 274 g/mol. The third kappa shape index (κ3) is 2.34. The van der Waals surface area contributed by atoms with Crippen molar-refractivity contribution in [3.05, 3.63) is 56.6 Å². The second kappa shape index (κ2) is 4.84. The minimum absolute atomic E-state index is 0.131. The van der Waals surface area contributed by atoms with Gasteiger partial charge in [-0.1, -0.05) is 0 Å². The van der Waals surface area contributed by atoms with Crippen LogP contribution in [0.2, 0.25) is 0 Å². The second-order valence-corrected chi connectivity index (χ2v) is 4.06. The fourth-order valence-corrected chi connectivity index (χ4v) is 1.80. The van der Waals surface area contributed by atoms with Crippen LogP contribution in [0.25, 0.3) is 11.1 Å². The van der Waals surface area contributed by atoms with Crippen LogP contribution in [0.1, 0.15) is 0 Å². The maximum Gasteiger partial charge on any atom is 0.271 e. The van der Waals surface area contributed by atoms with E-state index in [4.69, 9.17) is 11.5 Å². The van der Waals surface area contributed by atoms with Crippen LogP contribution in [-0.4, -0.2) is 9.85 Å². The molecule has 20 heavy (non-hydrogen) atoms. The zero-order valence-electron chi connectivity index (χ0n) is 10.1. The zero-order chi connectivity index (χ0) is 14.9. The standard InChI is InChI=1S/C12H10N4O4/c13-11-4-2-7(15(17)18)5-10(11)9-3-1-8(16(19)20)6-12(9)14/h1-6H,13-14H2. The Balaban J connectivity index is 2.59. The Labute approximate surface area is 112 Å². The van der Waals surface area contributed by atoms with Crippen molar-refractivity contribution >= 4 is 22.7 Å². The first kappa shape index (κ1) is 13.3. The van der Waals surface area contributed by atoms with Crippen molar-refractivity contribution in [1.29, 1.82) is 0 Å². The molecular formula is C12H10N4O4. The molecule has 102 valence electrons. The van der Waals surface area contributed by atoms with Crippen molar-refractivity contribution in [3.8, 4) is 11.1 Å². The van der Waals surface area contributed by atoms with E-state index in [0.717, 1.165) is 0 Å². The predicted octanol–water partition coefficient (Wildman–Crippen LogP) is 2.33. The summed E-state index contributed by atoms with van der Waals surface area (Å²) in [6, 6.07) is 7.84. The summed E-state index contributed by atoms with van der Waals surface area (Å²) >= 11 is 0. The number of nitro benzene ring substituents is 2. The van der Waals surface area contributed by atoms with Gasteiger partial charge < -0.3 is 11.5 Å². The summed E-state index contributed by atoms with van der Waals surface area (Å²) < 4.78 is 0. The fraction of sp³-hybridized carbons (Fsp3) is 0. The van der Waals surface area contributed by atoms with Gasteiger partial charge in [-0.05, 0) is 12.1 Å². The molecule has 0 unspecified atom stereocenters. The van der Waals surface area contributed by atoms with Crippen LogP contribution in [0.5, 0.6) is 0 Å². The molecule has 4 N–H and O–H groups in total. The molecular weight excluding hydrogens is 264 g/mol. The molecule has 2 rings (SSSR count). The van der Waals surface area contributed by atoms with E-state index in [1.54, 1.807) is 0 Å². The molecule has 2 aromatic rings. The summed E-state index contributed by atoms with van der Waals surface area (Å²) in [7, 11) is 0. The molecule has 0 aromatic heterocycles. The summed E-state index contributed by atoms with van der Waals surface area (Å²) in [5.74, 6) is 0. The Morgan fingerprint density at radius 1 is 0.750 bits per heavy atom. The molecule has 0 saturated carbocycles. The van der Waals surface area contributed by atoms with Gasteiger partial charge in [-0.3, -0.25) is 20.2 Å². The second-order valence-electron chi connectivity index (χ2n) is 4.06. The molecule has 2 aromatic carbocycles. The summed E-state index contributed by atoms with van der Waals surface area (Å²) in [5.41, 5.74) is 12.5. The van der Waals surface area contributed by atoms with Gasteiger partial charge in [0.25, 0.3) is 11.4 Å². The highest BCUT2D eigenvalue weighted by Crippen LogP contribution is 2.35. The number of nitro groups is 2. The molecule has 0 aliphatic rings. The van der Waals surface area contributed by atoms with E-state index in [1.165, 1.54) is 36.4 Å². The topological polar surface area (TPSA) is 138 Å². The molecule has 8 heteroatoms. The number of nitrogen functional groups attached to an aromatic ring is 2. The first-order valence-corrected chi connectivity index (χ1v) is 5.48. The van der Waals surface area contributed by atoms with Crippen LogP contribution in [0.3, 0.4) is 0 Å². The van der Waals surface area contributed by atoms with Gasteiger partial charge in [-0.15, -0.1) is 0 Å². The summed E-state index contributed by atoms with van der Waals surface area (Å²) in [5, 5.41) is 21.4. The van der Waals surface area contributed by atoms with Crippen LogP contribution in [0.15, 0.2) is 36.4 Å². The average molecular weight is 274 g/mol. The van der Waals surface area contributed by atoms with Crippen molar-refractivity contribution in [1.82, 2.24) is 0 Å². The SMILES string of the molecule is Nc1cc([N+](=O)[O-])ccc1-c1cc([N+](=O)[O-])ccc1N. The lowest BCUT2D eigenvalue weighted by atomic mass is 10.0. The Morgan fingerprint density at radius 3 is 1.85 bits per heavy atom. The lowest BCUT2D eigenvalue weighted by Crippen LogP contribution is -1.98. The number of hydrogen-bond acceptors (Lipinski definition) is 6. The molecule has 0 atom stereocenters. The van der Waals surface area contributed by atoms with Crippen molar-refractivity contribution in [3.63, 3.8) is 0 Å². The average Bonchev–Trinajstić information content (AvgIpc) is 2.39. The Hall–Kier alpha value is -3.16. The molecule has 0 spiro atoms. The highest BCUT2D eigenvalue weighted by atomic mass is 16.6. The Kier molecular flexibility index (Phi) is 3.21. The third-order valence-corrected chi connectivity index (χ3v) is 2.78. The van der Waals surface area contributed by atoms with Crippen LogP contribution in [0, 0.1) is 20.2 Å². The molecule has 0 aliphatic carbocycles. The number of hydrogen-bond donors (Lipinski definition) is 2. The van der Waals surface area contributed by atoms with Gasteiger partial charge in [0.2, 0.25) is 0 Å². The zero-order valence-corrected chi connectivity index (χ0v) is 10.1. The normalized spacial score (nSPS) is 10.2. The molecule has 0 bridgehead atoms. The van der Waals surface area contributed by atoms with E-state index >= 15 is 0 Å². The molecule has 0 saturated heterocycles. The predicted molar refractivity (Wildman–Crippen MR) is 74.0 cm³/mol. The maximum atomic E-state index is 10.8. The van der Waals surface area contributed by atoms with E-state index in [-0.39, 0.29) is 17.1 Å². The van der Waals surface area contributed by atoms with Gasteiger partial charge in [-0.25, -0.2) is 0 Å². The van der Waals surface area contributed by atoms with Crippen molar-refractivity contribution in [2.75, 3.05) is 11.5 Å². The van der Waals surface area contributed by atoms with Gasteiger partial charge in [0.15, 0.2) is 0 Å². The van der Waals surface area contributed by atoms with Crippen LogP contribution < -0.4 is 11.5 Å². The highest BCUT2D eigenvalue weighted by Gasteiger charge is 2.15. The molecule has 0 heterocycles. The van der Waals surface area contributed by atoms with Gasteiger partial charge >= 0.3 is 0 Å². The first-order valence-electron chi connectivity index (χ1n) is 5.48. The maximum absolute atomic E-state index is 10.8. The van der Waals surface area contributed by atoms with E-state index in [0.29, 0.717) is 16.8 Å². The van der Waals surface area contributed by atoms with E-state index in [2.05, 4.69) is 0 Å². The number of anilines is 2. The quantitative estimate of drug-likeness (QED) is 0.500. The fourth-order valence-electron chi connectivity index (χ4n) is 1.80. The van der Waals surface area contributed by atoms with Crippen molar-refractivity contribution in [2.45, 2.75) is 0 Å². The Bertz CT molecular complexity index is 715. The van der Waals surface area contributed by atoms with Gasteiger partial charge in [0.05, 0.1) is 9.85 Å². The molecule has 0 radical (unpaired) electrons. The molecule has 8 nitrogen and oxygen atoms in total. The number of nitrogens with zero attached hydrogens (tertiary/aromatic N) is 2. The smallest absolute Gasteiger partial charge is 0.271 e. The number of rotatable bonds is 3. The minimum Gasteiger partial charge on any atom is -0.398 e. The largest absolute Gasteiger partial charge is 0.398 e. The first-order chi connectivity index (χ1) is 9.40. The van der Waals surface area contributed by atoms with Gasteiger partial charge in [-0.2, -0.15) is 0 Å². The lowest BCUT2D eigenvalue weighted by molar-refractivity contribution is -0.384. The molecule has 0 amide bonds. The van der Waals surface area contributed by atoms with Crippen molar-refractivity contribution < 1.29 is 9.85 Å². The van der Waals surface area contributed by atoms with Crippen LogP contribution in [-0.2, 0) is 0 Å². The van der Waals surface area contributed by atoms with E-state index in [1.807, 2.05) is 0 Å². The van der Waals surface area contributed by atoms with E-state index < -0.39 is 9.85 Å². The summed E-state index contributed by atoms with van der Waals surface area (Å²) in [4.78, 5) is 20.3. The number of nitrogens with two attached hydrogens (primary N) is 2. The van der Waals surface area contributed by atoms with Crippen LogP contribution in [0.4, 0.5) is 22.7 Å². The number of benzene rings is 2.